The number of aromatic nitrogens is 1. The highest BCUT2D eigenvalue weighted by molar-refractivity contribution is 7.16. The Morgan fingerprint density at radius 1 is 1.48 bits per heavy atom. The van der Waals surface area contributed by atoms with Crippen molar-refractivity contribution in [2.24, 2.45) is 0 Å². The third-order valence-electron chi connectivity index (χ3n) is 2.38. The Morgan fingerprint density at radius 2 is 2.29 bits per heavy atom. The van der Waals surface area contributed by atoms with Crippen LogP contribution in [-0.4, -0.2) is 27.7 Å². The molecule has 2 aromatic rings. The average Bonchev–Trinajstić information content (AvgIpc) is 2.86. The first-order valence-corrected chi connectivity index (χ1v) is 6.77. The Balaban J connectivity index is 2.08. The predicted octanol–water partition coefficient (Wildman–Crippen LogP) is 1.97. The van der Waals surface area contributed by atoms with Gasteiger partial charge >= 0.3 is 0 Å². The van der Waals surface area contributed by atoms with Crippen LogP contribution in [0.3, 0.4) is 0 Å². The van der Waals surface area contributed by atoms with Crippen molar-refractivity contribution in [2.75, 3.05) is 11.9 Å². The fraction of sp³-hybridized carbons (Fsp3) is 0.143. The van der Waals surface area contributed by atoms with E-state index in [0.717, 1.165) is 23.5 Å². The number of benzene rings is 1. The van der Waals surface area contributed by atoms with E-state index in [0.29, 0.717) is 16.4 Å². The lowest BCUT2D eigenvalue weighted by molar-refractivity contribution is 0.102. The molecule has 0 bridgehead atoms. The molecule has 0 aliphatic rings. The fourth-order valence-corrected chi connectivity index (χ4v) is 2.14. The Hall–Kier alpha value is -2.43. The molecule has 0 radical (unpaired) electrons. The van der Waals surface area contributed by atoms with Gasteiger partial charge in [-0.15, -0.1) is 0 Å². The lowest BCUT2D eigenvalue weighted by atomic mass is 10.2. The quantitative estimate of drug-likeness (QED) is 0.757. The molecule has 1 aromatic heterocycles. The van der Waals surface area contributed by atoms with Crippen molar-refractivity contribution in [2.45, 2.75) is 6.42 Å². The van der Waals surface area contributed by atoms with Crippen LogP contribution in [0.2, 0.25) is 0 Å². The van der Waals surface area contributed by atoms with E-state index in [2.05, 4.69) is 22.1 Å². The molecular weight excluding hydrogens is 295 g/mol. The summed E-state index contributed by atoms with van der Waals surface area (Å²) in [5, 5.41) is 21.0. The largest absolute Gasteiger partial charge is 0.507 e. The Labute approximate surface area is 124 Å². The van der Waals surface area contributed by atoms with Crippen molar-refractivity contribution in [1.82, 2.24) is 4.98 Å². The summed E-state index contributed by atoms with van der Waals surface area (Å²) in [5.41, 5.74) is -0.0421. The second-order valence-corrected chi connectivity index (χ2v) is 4.95. The second kappa shape index (κ2) is 6.83. The van der Waals surface area contributed by atoms with Gasteiger partial charge in [0.1, 0.15) is 11.6 Å². The van der Waals surface area contributed by atoms with Crippen molar-refractivity contribution in [1.29, 1.82) is 0 Å². The van der Waals surface area contributed by atoms with Gasteiger partial charge in [0.15, 0.2) is 5.13 Å². The maximum atomic E-state index is 12.9. The van der Waals surface area contributed by atoms with Gasteiger partial charge in [-0.3, -0.25) is 10.1 Å². The molecule has 108 valence electrons. The van der Waals surface area contributed by atoms with Crippen LogP contribution in [0.15, 0.2) is 24.4 Å². The van der Waals surface area contributed by atoms with Gasteiger partial charge in [-0.25, -0.2) is 9.37 Å². The summed E-state index contributed by atoms with van der Waals surface area (Å²) >= 11 is 1.16. The SMILES string of the molecule is O=C(Nc1ncc(C#CCCO)s1)c1ccc(F)cc1O. The molecule has 2 rings (SSSR count). The number of rotatable bonds is 3. The molecule has 1 amide bonds. The van der Waals surface area contributed by atoms with Crippen LogP contribution < -0.4 is 5.32 Å². The number of aliphatic hydroxyl groups excluding tert-OH is 1. The van der Waals surface area contributed by atoms with E-state index >= 15 is 0 Å². The maximum absolute atomic E-state index is 12.9. The molecular formula is C14H11FN2O3S. The van der Waals surface area contributed by atoms with Gasteiger partial charge in [-0.05, 0) is 12.1 Å². The summed E-state index contributed by atoms with van der Waals surface area (Å²) in [6.07, 6.45) is 1.86. The minimum atomic E-state index is -0.625. The van der Waals surface area contributed by atoms with Crippen LogP contribution in [-0.2, 0) is 0 Å². The maximum Gasteiger partial charge on any atom is 0.261 e. The van der Waals surface area contributed by atoms with Crippen molar-refractivity contribution in [3.05, 3.63) is 40.7 Å². The lowest BCUT2D eigenvalue weighted by Gasteiger charge is -2.03. The Kier molecular flexibility index (Phi) is 4.87. The highest BCUT2D eigenvalue weighted by Crippen LogP contribution is 2.22. The van der Waals surface area contributed by atoms with Gasteiger partial charge in [0, 0.05) is 12.5 Å². The number of phenolic OH excluding ortho intramolecular Hbond substituents is 1. The molecule has 3 N–H and O–H groups in total. The topological polar surface area (TPSA) is 82.5 Å². The van der Waals surface area contributed by atoms with E-state index in [-0.39, 0.29) is 12.2 Å². The van der Waals surface area contributed by atoms with Gasteiger partial charge in [0.05, 0.1) is 23.2 Å². The zero-order valence-electron chi connectivity index (χ0n) is 10.8. The molecule has 5 nitrogen and oxygen atoms in total. The van der Waals surface area contributed by atoms with Crippen LogP contribution in [0, 0.1) is 17.7 Å². The zero-order valence-corrected chi connectivity index (χ0v) is 11.6. The number of phenols is 1. The van der Waals surface area contributed by atoms with Gasteiger partial charge in [-0.2, -0.15) is 0 Å². The monoisotopic (exact) mass is 306 g/mol. The summed E-state index contributed by atoms with van der Waals surface area (Å²) < 4.78 is 12.9. The second-order valence-electron chi connectivity index (χ2n) is 3.92. The number of aliphatic hydroxyl groups is 1. The highest BCUT2D eigenvalue weighted by atomic mass is 32.1. The smallest absolute Gasteiger partial charge is 0.261 e. The number of halogens is 1. The van der Waals surface area contributed by atoms with E-state index in [4.69, 9.17) is 5.11 Å². The van der Waals surface area contributed by atoms with Gasteiger partial charge in [0.25, 0.3) is 5.91 Å². The predicted molar refractivity (Wildman–Crippen MR) is 76.7 cm³/mol. The van der Waals surface area contributed by atoms with E-state index in [1.54, 1.807) is 0 Å². The number of anilines is 1. The summed E-state index contributed by atoms with van der Waals surface area (Å²) in [4.78, 5) is 16.5. The molecule has 0 aliphatic heterocycles. The number of nitrogens with zero attached hydrogens (tertiary/aromatic N) is 1. The Morgan fingerprint density at radius 3 is 3.00 bits per heavy atom. The molecule has 0 saturated carbocycles. The van der Waals surface area contributed by atoms with E-state index in [1.165, 1.54) is 12.3 Å². The molecule has 7 heteroatoms. The zero-order chi connectivity index (χ0) is 15.2. The molecule has 0 saturated heterocycles. The first-order chi connectivity index (χ1) is 10.1. The minimum Gasteiger partial charge on any atom is -0.507 e. The number of thiazole rings is 1. The van der Waals surface area contributed by atoms with E-state index in [9.17, 15) is 14.3 Å². The minimum absolute atomic E-state index is 0.0146. The molecule has 0 atom stereocenters. The van der Waals surface area contributed by atoms with Gasteiger partial charge in [0.2, 0.25) is 0 Å². The van der Waals surface area contributed by atoms with Crippen LogP contribution in [0.4, 0.5) is 9.52 Å². The third-order valence-corrected chi connectivity index (χ3v) is 3.21. The Bertz CT molecular complexity index is 718. The van der Waals surface area contributed by atoms with Crippen LogP contribution in [0.5, 0.6) is 5.75 Å². The van der Waals surface area contributed by atoms with Crippen LogP contribution in [0.1, 0.15) is 21.7 Å². The van der Waals surface area contributed by atoms with Crippen molar-refractivity contribution in [3.63, 3.8) is 0 Å². The number of nitrogens with one attached hydrogen (secondary N) is 1. The normalized spacial score (nSPS) is 9.81. The van der Waals surface area contributed by atoms with Gasteiger partial charge in [-0.1, -0.05) is 23.2 Å². The molecule has 1 heterocycles. The van der Waals surface area contributed by atoms with E-state index in [1.807, 2.05) is 0 Å². The number of amides is 1. The van der Waals surface area contributed by atoms with Crippen molar-refractivity contribution >= 4 is 22.4 Å². The van der Waals surface area contributed by atoms with E-state index < -0.39 is 17.5 Å². The molecule has 0 aliphatic carbocycles. The molecule has 0 spiro atoms. The number of hydrogen-bond acceptors (Lipinski definition) is 5. The number of hydrogen-bond donors (Lipinski definition) is 3. The number of carbonyl (C=O) groups is 1. The molecule has 21 heavy (non-hydrogen) atoms. The van der Waals surface area contributed by atoms with Crippen molar-refractivity contribution in [3.8, 4) is 17.6 Å². The summed E-state index contributed by atoms with van der Waals surface area (Å²) in [5.74, 6) is 3.89. The number of aromatic hydroxyl groups is 1. The summed E-state index contributed by atoms with van der Waals surface area (Å²) in [7, 11) is 0. The number of carbonyl (C=O) groups excluding carboxylic acids is 1. The molecule has 0 unspecified atom stereocenters. The molecule has 0 fully saturated rings. The first-order valence-electron chi connectivity index (χ1n) is 5.95. The fourth-order valence-electron chi connectivity index (χ4n) is 1.46. The molecule has 1 aromatic carbocycles. The highest BCUT2D eigenvalue weighted by Gasteiger charge is 2.13. The standard InChI is InChI=1S/C14H11FN2O3S/c15-9-4-5-11(12(19)7-9)13(20)17-14-16-8-10(21-14)3-1-2-6-18/h4-5,7-8,18-19H,2,6H2,(H,16,17,20). The summed E-state index contributed by atoms with van der Waals surface area (Å²) in [6.45, 7) is -0.0146. The average molecular weight is 306 g/mol. The van der Waals surface area contributed by atoms with Crippen LogP contribution >= 0.6 is 11.3 Å². The van der Waals surface area contributed by atoms with Gasteiger partial charge < -0.3 is 10.2 Å². The lowest BCUT2D eigenvalue weighted by Crippen LogP contribution is -2.11. The third kappa shape index (κ3) is 4.02. The summed E-state index contributed by atoms with van der Waals surface area (Å²) in [6, 6.07) is 3.14. The first kappa shape index (κ1) is 15.0. The van der Waals surface area contributed by atoms with Crippen LogP contribution in [0.25, 0.3) is 0 Å². The van der Waals surface area contributed by atoms with Crippen molar-refractivity contribution < 1.29 is 19.4 Å².